The highest BCUT2D eigenvalue weighted by Crippen LogP contribution is 2.34. The lowest BCUT2D eigenvalue weighted by atomic mass is 9.93. The lowest BCUT2D eigenvalue weighted by Crippen LogP contribution is -2.38. The van der Waals surface area contributed by atoms with Crippen LogP contribution in [0.4, 0.5) is 10.1 Å². The maximum Gasteiger partial charge on any atom is 0.147 e. The van der Waals surface area contributed by atoms with Gasteiger partial charge in [0.2, 0.25) is 0 Å². The smallest absolute Gasteiger partial charge is 0.147 e. The summed E-state index contributed by atoms with van der Waals surface area (Å²) in [5.74, 6) is 0.370. The second-order valence-electron chi connectivity index (χ2n) is 5.67. The summed E-state index contributed by atoms with van der Waals surface area (Å²) < 4.78 is 13.8. The van der Waals surface area contributed by atoms with Crippen molar-refractivity contribution in [1.29, 1.82) is 0 Å². The number of hydrogen-bond acceptors (Lipinski definition) is 2. The van der Waals surface area contributed by atoms with E-state index in [1.54, 1.807) is 12.1 Å². The Morgan fingerprint density at radius 2 is 2.11 bits per heavy atom. The van der Waals surface area contributed by atoms with Gasteiger partial charge >= 0.3 is 0 Å². The molecule has 2 fully saturated rings. The molecule has 1 heterocycles. The Labute approximate surface area is 118 Å². The van der Waals surface area contributed by atoms with E-state index in [1.165, 1.54) is 31.7 Å². The van der Waals surface area contributed by atoms with E-state index in [4.69, 9.17) is 11.6 Å². The third-order valence-electron chi connectivity index (χ3n) is 4.46. The van der Waals surface area contributed by atoms with Gasteiger partial charge < -0.3 is 10.6 Å². The van der Waals surface area contributed by atoms with Crippen LogP contribution in [0.5, 0.6) is 0 Å². The lowest BCUT2D eigenvalue weighted by Gasteiger charge is -2.27. The molecule has 3 atom stereocenters. The Balaban J connectivity index is 1.70. The molecule has 0 bridgehead atoms. The third kappa shape index (κ3) is 2.87. The van der Waals surface area contributed by atoms with E-state index in [2.05, 4.69) is 10.6 Å². The van der Waals surface area contributed by atoms with E-state index >= 15 is 0 Å². The highest BCUT2D eigenvalue weighted by atomic mass is 35.5. The summed E-state index contributed by atoms with van der Waals surface area (Å²) in [5.41, 5.74) is 0.583. The molecule has 1 aromatic carbocycles. The van der Waals surface area contributed by atoms with Crippen molar-refractivity contribution in [1.82, 2.24) is 5.32 Å². The molecule has 0 radical (unpaired) electrons. The molecule has 2 aliphatic rings. The molecule has 104 valence electrons. The summed E-state index contributed by atoms with van der Waals surface area (Å²) in [6.07, 6.45) is 6.13. The standard InChI is InChI=1S/C15H20ClFN2/c16-10-6-7-15(12(17)9-10)19-14-4-1-3-11(14)13-5-2-8-18-13/h6-7,9,11,13-14,18-19H,1-5,8H2. The van der Waals surface area contributed by atoms with Crippen LogP contribution in [0.15, 0.2) is 18.2 Å². The number of nitrogens with one attached hydrogen (secondary N) is 2. The first-order chi connectivity index (χ1) is 9.24. The third-order valence-corrected chi connectivity index (χ3v) is 4.69. The number of anilines is 1. The first-order valence-electron chi connectivity index (χ1n) is 7.19. The van der Waals surface area contributed by atoms with Gasteiger partial charge in [-0.25, -0.2) is 4.39 Å². The highest BCUT2D eigenvalue weighted by molar-refractivity contribution is 6.30. The van der Waals surface area contributed by atoms with Crippen LogP contribution in [0, 0.1) is 11.7 Å². The van der Waals surface area contributed by atoms with Gasteiger partial charge in [-0.2, -0.15) is 0 Å². The predicted octanol–water partition coefficient (Wildman–Crippen LogP) is 3.81. The van der Waals surface area contributed by atoms with Crippen LogP contribution in [0.1, 0.15) is 32.1 Å². The summed E-state index contributed by atoms with van der Waals surface area (Å²) >= 11 is 5.79. The van der Waals surface area contributed by atoms with Crippen molar-refractivity contribution in [2.45, 2.75) is 44.2 Å². The Morgan fingerprint density at radius 1 is 1.21 bits per heavy atom. The zero-order valence-corrected chi connectivity index (χ0v) is 11.7. The molecule has 2 N–H and O–H groups in total. The van der Waals surface area contributed by atoms with Crippen molar-refractivity contribution in [2.75, 3.05) is 11.9 Å². The maximum absolute atomic E-state index is 13.8. The quantitative estimate of drug-likeness (QED) is 0.881. The van der Waals surface area contributed by atoms with Crippen molar-refractivity contribution in [3.63, 3.8) is 0 Å². The molecule has 2 nitrogen and oxygen atoms in total. The average Bonchev–Trinajstić information content (AvgIpc) is 3.03. The molecule has 1 aliphatic heterocycles. The molecule has 1 saturated heterocycles. The average molecular weight is 283 g/mol. The highest BCUT2D eigenvalue weighted by Gasteiger charge is 2.35. The molecule has 0 spiro atoms. The van der Waals surface area contributed by atoms with Gasteiger partial charge in [-0.15, -0.1) is 0 Å². The van der Waals surface area contributed by atoms with Gasteiger partial charge in [-0.05, 0) is 56.3 Å². The van der Waals surface area contributed by atoms with Gasteiger partial charge in [-0.1, -0.05) is 18.0 Å². The van der Waals surface area contributed by atoms with Crippen molar-refractivity contribution in [2.24, 2.45) is 5.92 Å². The van der Waals surface area contributed by atoms with Crippen molar-refractivity contribution in [3.8, 4) is 0 Å². The number of halogens is 2. The van der Waals surface area contributed by atoms with E-state index in [0.29, 0.717) is 28.7 Å². The molecule has 1 saturated carbocycles. The molecular formula is C15H20ClFN2. The maximum atomic E-state index is 13.8. The molecule has 19 heavy (non-hydrogen) atoms. The van der Waals surface area contributed by atoms with E-state index < -0.39 is 0 Å². The first-order valence-corrected chi connectivity index (χ1v) is 7.57. The fraction of sp³-hybridized carbons (Fsp3) is 0.600. The fourth-order valence-corrected chi connectivity index (χ4v) is 3.69. The normalized spacial score (nSPS) is 30.7. The zero-order chi connectivity index (χ0) is 13.2. The van der Waals surface area contributed by atoms with Gasteiger partial charge in [0, 0.05) is 17.1 Å². The van der Waals surface area contributed by atoms with Crippen LogP contribution in [-0.2, 0) is 0 Å². The molecule has 1 aliphatic carbocycles. The summed E-state index contributed by atoms with van der Waals surface area (Å²) in [4.78, 5) is 0. The van der Waals surface area contributed by atoms with Gasteiger partial charge in [0.15, 0.2) is 0 Å². The molecule has 1 aromatic rings. The van der Waals surface area contributed by atoms with Gasteiger partial charge in [-0.3, -0.25) is 0 Å². The van der Waals surface area contributed by atoms with E-state index in [1.807, 2.05) is 0 Å². The Morgan fingerprint density at radius 3 is 2.84 bits per heavy atom. The van der Waals surface area contributed by atoms with Crippen LogP contribution < -0.4 is 10.6 Å². The second kappa shape index (κ2) is 5.68. The Bertz CT molecular complexity index is 446. The van der Waals surface area contributed by atoms with Crippen LogP contribution in [0.2, 0.25) is 5.02 Å². The molecule has 3 rings (SSSR count). The van der Waals surface area contributed by atoms with Crippen molar-refractivity contribution < 1.29 is 4.39 Å². The summed E-state index contributed by atoms with van der Waals surface area (Å²) in [7, 11) is 0. The SMILES string of the molecule is Fc1cc(Cl)ccc1NC1CCCC1C1CCCN1. The molecule has 0 aromatic heterocycles. The minimum atomic E-state index is -0.252. The van der Waals surface area contributed by atoms with Gasteiger partial charge in [0.05, 0.1) is 5.69 Å². The largest absolute Gasteiger partial charge is 0.380 e. The molecular weight excluding hydrogens is 263 g/mol. The summed E-state index contributed by atoms with van der Waals surface area (Å²) in [6, 6.07) is 5.85. The number of benzene rings is 1. The van der Waals surface area contributed by atoms with E-state index in [-0.39, 0.29) is 5.82 Å². The second-order valence-corrected chi connectivity index (χ2v) is 6.11. The monoisotopic (exact) mass is 282 g/mol. The van der Waals surface area contributed by atoms with Crippen molar-refractivity contribution in [3.05, 3.63) is 29.0 Å². The fourth-order valence-electron chi connectivity index (χ4n) is 3.53. The van der Waals surface area contributed by atoms with Crippen LogP contribution in [0.25, 0.3) is 0 Å². The van der Waals surface area contributed by atoms with Gasteiger partial charge in [0.25, 0.3) is 0 Å². The molecule has 4 heteroatoms. The summed E-state index contributed by atoms with van der Waals surface area (Å²) in [5, 5.41) is 7.42. The van der Waals surface area contributed by atoms with Crippen LogP contribution in [-0.4, -0.2) is 18.6 Å². The predicted molar refractivity (Wildman–Crippen MR) is 77.2 cm³/mol. The van der Waals surface area contributed by atoms with E-state index in [0.717, 1.165) is 13.0 Å². The zero-order valence-electron chi connectivity index (χ0n) is 11.0. The minimum Gasteiger partial charge on any atom is -0.380 e. The molecule has 3 unspecified atom stereocenters. The molecule has 0 amide bonds. The number of hydrogen-bond donors (Lipinski definition) is 2. The number of rotatable bonds is 3. The van der Waals surface area contributed by atoms with Gasteiger partial charge in [0.1, 0.15) is 5.82 Å². The van der Waals surface area contributed by atoms with Crippen LogP contribution >= 0.6 is 11.6 Å². The Hall–Kier alpha value is -0.800. The Kier molecular flexibility index (Phi) is 3.94. The van der Waals surface area contributed by atoms with E-state index in [9.17, 15) is 4.39 Å². The lowest BCUT2D eigenvalue weighted by molar-refractivity contribution is 0.375. The topological polar surface area (TPSA) is 24.1 Å². The summed E-state index contributed by atoms with van der Waals surface area (Å²) in [6.45, 7) is 1.13. The van der Waals surface area contributed by atoms with Crippen molar-refractivity contribution >= 4 is 17.3 Å². The van der Waals surface area contributed by atoms with Crippen LogP contribution in [0.3, 0.4) is 0 Å². The first kappa shape index (κ1) is 13.2. The minimum absolute atomic E-state index is 0.252.